The average Bonchev–Trinajstić information content (AvgIpc) is 2.75. The van der Waals surface area contributed by atoms with Crippen LogP contribution in [0.25, 0.3) is 0 Å². The summed E-state index contributed by atoms with van der Waals surface area (Å²) in [6, 6.07) is 0. The molecule has 0 aliphatic heterocycles. The summed E-state index contributed by atoms with van der Waals surface area (Å²) in [5, 5.41) is 31.6. The molecule has 7 atom stereocenters. The van der Waals surface area contributed by atoms with Crippen molar-refractivity contribution in [1.29, 1.82) is 0 Å². The summed E-state index contributed by atoms with van der Waals surface area (Å²) in [6.45, 7) is 3.84. The lowest BCUT2D eigenvalue weighted by Gasteiger charge is -2.58. The van der Waals surface area contributed by atoms with Gasteiger partial charge in [0.05, 0.1) is 23.2 Å². The van der Waals surface area contributed by atoms with Gasteiger partial charge >= 0.3 is 0 Å². The van der Waals surface area contributed by atoms with Gasteiger partial charge in [-0.15, -0.1) is 0 Å². The number of allylic oxidation sites excluding steroid dienone is 1. The summed E-state index contributed by atoms with van der Waals surface area (Å²) in [7, 11) is 0. The van der Waals surface area contributed by atoms with Crippen molar-refractivity contribution in [3.8, 4) is 0 Å². The second-order valence-electron chi connectivity index (χ2n) is 8.84. The van der Waals surface area contributed by atoms with Gasteiger partial charge in [0.1, 0.15) is 5.78 Å². The summed E-state index contributed by atoms with van der Waals surface area (Å²) in [4.78, 5) is 25.2. The van der Waals surface area contributed by atoms with Gasteiger partial charge in [-0.05, 0) is 62.0 Å². The molecule has 3 fully saturated rings. The number of aliphatic hydroxyl groups excluding tert-OH is 2. The molecule has 3 saturated carbocycles. The van der Waals surface area contributed by atoms with Crippen LogP contribution in [-0.4, -0.2) is 44.7 Å². The lowest BCUT2D eigenvalue weighted by Crippen LogP contribution is -2.60. The highest BCUT2D eigenvalue weighted by atomic mass is 16.3. The number of hydrogen-bond donors (Lipinski definition) is 3. The molecule has 0 aromatic heterocycles. The Balaban J connectivity index is 1.83. The van der Waals surface area contributed by atoms with Gasteiger partial charge in [0.2, 0.25) is 0 Å². The first-order valence-electron chi connectivity index (χ1n) is 9.01. The zero-order valence-electron chi connectivity index (χ0n) is 14.3. The van der Waals surface area contributed by atoms with Crippen molar-refractivity contribution in [2.75, 3.05) is 0 Å². The number of rotatable bonds is 0. The molecular weight excluding hydrogens is 308 g/mol. The number of aliphatic hydroxyl groups is 3. The van der Waals surface area contributed by atoms with Crippen molar-refractivity contribution in [3.63, 3.8) is 0 Å². The topological polar surface area (TPSA) is 94.8 Å². The highest BCUT2D eigenvalue weighted by molar-refractivity contribution is 5.96. The van der Waals surface area contributed by atoms with Crippen LogP contribution in [0.3, 0.4) is 0 Å². The second-order valence-corrected chi connectivity index (χ2v) is 8.84. The quantitative estimate of drug-likeness (QED) is 0.618. The molecule has 0 bridgehead atoms. The fourth-order valence-corrected chi connectivity index (χ4v) is 6.14. The standard InChI is InChI=1S/C19H26O5/c1-17-9-15(22)14(21)8-12(17)13(20)7-11-10(17)3-5-18(2)16(23)4-6-19(11,18)24/h7,10,12,14-15,21-22,24H,3-6,8-9H2,1-2H3. The number of carbonyl (C=O) groups excluding carboxylic acids is 2. The molecule has 5 heteroatoms. The largest absolute Gasteiger partial charge is 0.390 e. The van der Waals surface area contributed by atoms with Gasteiger partial charge in [-0.25, -0.2) is 0 Å². The molecule has 0 amide bonds. The van der Waals surface area contributed by atoms with E-state index in [1.165, 1.54) is 0 Å². The zero-order chi connectivity index (χ0) is 17.5. The first-order valence-corrected chi connectivity index (χ1v) is 9.01. The molecule has 4 rings (SSSR count). The third-order valence-electron chi connectivity index (χ3n) is 7.83. The smallest absolute Gasteiger partial charge is 0.159 e. The lowest BCUT2D eigenvalue weighted by atomic mass is 9.47. The van der Waals surface area contributed by atoms with Crippen molar-refractivity contribution in [1.82, 2.24) is 0 Å². The SMILES string of the molecule is CC12CC(O)C(O)CC1C(=O)C=C1C2CCC2(C)C(=O)CCC12O. The first kappa shape index (κ1) is 16.4. The van der Waals surface area contributed by atoms with Gasteiger partial charge in [0.25, 0.3) is 0 Å². The number of Topliss-reactive ketones (excluding diaryl/α,β-unsaturated/α-hetero) is 1. The fourth-order valence-electron chi connectivity index (χ4n) is 6.14. The average molecular weight is 334 g/mol. The van der Waals surface area contributed by atoms with Crippen molar-refractivity contribution in [2.24, 2.45) is 22.7 Å². The van der Waals surface area contributed by atoms with Crippen LogP contribution in [0.15, 0.2) is 11.6 Å². The van der Waals surface area contributed by atoms with E-state index >= 15 is 0 Å². The molecule has 7 unspecified atom stereocenters. The zero-order valence-corrected chi connectivity index (χ0v) is 14.3. The summed E-state index contributed by atoms with van der Waals surface area (Å²) < 4.78 is 0. The van der Waals surface area contributed by atoms with Crippen LogP contribution in [0.2, 0.25) is 0 Å². The Hall–Kier alpha value is -1.04. The van der Waals surface area contributed by atoms with Gasteiger partial charge in [0.15, 0.2) is 5.78 Å². The van der Waals surface area contributed by atoms with E-state index in [2.05, 4.69) is 0 Å². The van der Waals surface area contributed by atoms with Gasteiger partial charge in [0, 0.05) is 12.3 Å². The number of ketones is 2. The Morgan fingerprint density at radius 3 is 2.50 bits per heavy atom. The molecule has 4 aliphatic rings. The molecule has 24 heavy (non-hydrogen) atoms. The van der Waals surface area contributed by atoms with Crippen LogP contribution in [0.5, 0.6) is 0 Å². The molecule has 0 radical (unpaired) electrons. The van der Waals surface area contributed by atoms with Gasteiger partial charge in [-0.2, -0.15) is 0 Å². The highest BCUT2D eigenvalue weighted by Crippen LogP contribution is 2.64. The number of fused-ring (bicyclic) bond motifs is 5. The molecule has 132 valence electrons. The Kier molecular flexibility index (Phi) is 3.27. The molecule has 0 saturated heterocycles. The Morgan fingerprint density at radius 2 is 1.79 bits per heavy atom. The first-order chi connectivity index (χ1) is 11.1. The Morgan fingerprint density at radius 1 is 1.08 bits per heavy atom. The van der Waals surface area contributed by atoms with Crippen LogP contribution in [0.1, 0.15) is 52.4 Å². The van der Waals surface area contributed by atoms with Crippen LogP contribution in [-0.2, 0) is 9.59 Å². The van der Waals surface area contributed by atoms with Gasteiger partial charge in [-0.1, -0.05) is 6.92 Å². The summed E-state index contributed by atoms with van der Waals surface area (Å²) in [6.07, 6.45) is 2.56. The predicted octanol–water partition coefficient (Wildman–Crippen LogP) is 1.14. The van der Waals surface area contributed by atoms with E-state index < -0.39 is 28.6 Å². The molecule has 0 aromatic carbocycles. The minimum Gasteiger partial charge on any atom is -0.390 e. The molecule has 0 aromatic rings. The summed E-state index contributed by atoms with van der Waals surface area (Å²) >= 11 is 0. The van der Waals surface area contributed by atoms with E-state index in [1.54, 1.807) is 6.08 Å². The maximum atomic E-state index is 12.8. The third-order valence-corrected chi connectivity index (χ3v) is 7.83. The van der Waals surface area contributed by atoms with Crippen molar-refractivity contribution in [2.45, 2.75) is 70.2 Å². The van der Waals surface area contributed by atoms with E-state index in [4.69, 9.17) is 0 Å². The van der Waals surface area contributed by atoms with Crippen LogP contribution in [0, 0.1) is 22.7 Å². The third kappa shape index (κ3) is 1.76. The predicted molar refractivity (Wildman–Crippen MR) is 86.0 cm³/mol. The van der Waals surface area contributed by atoms with Crippen molar-refractivity contribution >= 4 is 11.6 Å². The fraction of sp³-hybridized carbons (Fsp3) is 0.789. The monoisotopic (exact) mass is 334 g/mol. The minimum absolute atomic E-state index is 0.0219. The summed E-state index contributed by atoms with van der Waals surface area (Å²) in [5.41, 5.74) is -1.80. The van der Waals surface area contributed by atoms with Gasteiger partial charge in [-0.3, -0.25) is 9.59 Å². The van der Waals surface area contributed by atoms with Crippen LogP contribution >= 0.6 is 0 Å². The van der Waals surface area contributed by atoms with Crippen LogP contribution < -0.4 is 0 Å². The van der Waals surface area contributed by atoms with Crippen molar-refractivity contribution in [3.05, 3.63) is 11.6 Å². The molecule has 3 N–H and O–H groups in total. The van der Waals surface area contributed by atoms with Gasteiger partial charge < -0.3 is 15.3 Å². The molecule has 0 heterocycles. The molecular formula is C19H26O5. The number of hydrogen-bond acceptors (Lipinski definition) is 5. The number of carbonyl (C=O) groups is 2. The molecule has 0 spiro atoms. The van der Waals surface area contributed by atoms with E-state index in [-0.39, 0.29) is 29.8 Å². The maximum absolute atomic E-state index is 12.8. The van der Waals surface area contributed by atoms with E-state index in [1.807, 2.05) is 13.8 Å². The van der Waals surface area contributed by atoms with E-state index in [9.17, 15) is 24.9 Å². The molecule has 5 nitrogen and oxygen atoms in total. The summed E-state index contributed by atoms with van der Waals surface area (Å²) in [5.74, 6) is -0.337. The van der Waals surface area contributed by atoms with Crippen molar-refractivity contribution < 1.29 is 24.9 Å². The minimum atomic E-state index is -1.24. The lowest BCUT2D eigenvalue weighted by molar-refractivity contribution is -0.154. The van der Waals surface area contributed by atoms with E-state index in [0.717, 1.165) is 6.42 Å². The maximum Gasteiger partial charge on any atom is 0.159 e. The molecule has 4 aliphatic carbocycles. The van der Waals surface area contributed by atoms with Crippen LogP contribution in [0.4, 0.5) is 0 Å². The Bertz CT molecular complexity index is 654. The highest BCUT2D eigenvalue weighted by Gasteiger charge is 2.66. The Labute approximate surface area is 141 Å². The normalized spacial score (nSPS) is 54.0. The van der Waals surface area contributed by atoms with E-state index in [0.29, 0.717) is 31.3 Å². The second kappa shape index (κ2) is 4.77.